The topological polar surface area (TPSA) is 78.6 Å². The first kappa shape index (κ1) is 15.8. The largest absolute Gasteiger partial charge is 0.493 e. The summed E-state index contributed by atoms with van der Waals surface area (Å²) in [6.07, 6.45) is 2.10. The Morgan fingerprint density at radius 3 is 2.53 bits per heavy atom. The molecule has 0 aliphatic heterocycles. The predicted molar refractivity (Wildman–Crippen MR) is 75.3 cm³/mol. The summed E-state index contributed by atoms with van der Waals surface area (Å²) < 4.78 is 33.1. The molecule has 0 aliphatic rings. The maximum Gasteiger partial charge on any atom is 0.150 e. The molecule has 0 unspecified atom stereocenters. The molecule has 1 aromatic carbocycles. The molecule has 1 aromatic rings. The lowest BCUT2D eigenvalue weighted by Gasteiger charge is -2.12. The molecule has 19 heavy (non-hydrogen) atoms. The van der Waals surface area contributed by atoms with E-state index in [0.29, 0.717) is 24.7 Å². The normalized spacial score (nSPS) is 11.3. The van der Waals surface area contributed by atoms with Crippen LogP contribution in [-0.4, -0.2) is 33.6 Å². The van der Waals surface area contributed by atoms with E-state index in [9.17, 15) is 8.42 Å². The zero-order valence-corrected chi connectivity index (χ0v) is 12.2. The van der Waals surface area contributed by atoms with Gasteiger partial charge in [0.2, 0.25) is 0 Å². The Bertz CT molecular complexity index is 499. The molecule has 1 rings (SSSR count). The second kappa shape index (κ2) is 7.35. The Hall–Kier alpha value is -1.27. The molecule has 0 amide bonds. The maximum atomic E-state index is 11.1. The molecule has 0 radical (unpaired) electrons. The molecule has 108 valence electrons. The molecule has 0 atom stereocenters. The molecular formula is C13H21NO4S. The van der Waals surface area contributed by atoms with Crippen molar-refractivity contribution in [2.24, 2.45) is 5.73 Å². The molecule has 0 aromatic heterocycles. The molecule has 0 bridgehead atoms. The van der Waals surface area contributed by atoms with Crippen molar-refractivity contribution in [3.63, 3.8) is 0 Å². The van der Waals surface area contributed by atoms with Gasteiger partial charge in [-0.25, -0.2) is 8.42 Å². The minimum Gasteiger partial charge on any atom is -0.493 e. The summed E-state index contributed by atoms with van der Waals surface area (Å²) in [5.41, 5.74) is 6.45. The number of benzene rings is 1. The zero-order chi connectivity index (χ0) is 14.3. The molecule has 5 nitrogen and oxygen atoms in total. The summed E-state index contributed by atoms with van der Waals surface area (Å²) in [4.78, 5) is 0. The smallest absolute Gasteiger partial charge is 0.150 e. The zero-order valence-electron chi connectivity index (χ0n) is 11.4. The van der Waals surface area contributed by atoms with E-state index in [1.807, 2.05) is 19.1 Å². The molecule has 0 heterocycles. The fourth-order valence-electron chi connectivity index (χ4n) is 1.45. The molecule has 2 N–H and O–H groups in total. The van der Waals surface area contributed by atoms with Crippen molar-refractivity contribution in [2.45, 2.75) is 19.9 Å². The second-order valence-electron chi connectivity index (χ2n) is 4.30. The van der Waals surface area contributed by atoms with E-state index in [2.05, 4.69) is 0 Å². The lowest BCUT2D eigenvalue weighted by Crippen LogP contribution is -2.13. The third kappa shape index (κ3) is 5.94. The van der Waals surface area contributed by atoms with E-state index in [1.54, 1.807) is 6.07 Å². The van der Waals surface area contributed by atoms with E-state index in [-0.39, 0.29) is 12.4 Å². The highest BCUT2D eigenvalue weighted by molar-refractivity contribution is 7.90. The maximum absolute atomic E-state index is 11.1. The standard InChI is InChI=1S/C13H21NO4S/c1-3-6-17-12-5-4-11(10-14)13(9-12)18-7-8-19(2,15)16/h4-5,9H,3,6-8,10,14H2,1-2H3. The van der Waals surface area contributed by atoms with E-state index in [0.717, 1.165) is 12.0 Å². The average molecular weight is 287 g/mol. The van der Waals surface area contributed by atoms with Gasteiger partial charge in [0, 0.05) is 24.4 Å². The van der Waals surface area contributed by atoms with Crippen LogP contribution in [-0.2, 0) is 16.4 Å². The number of ether oxygens (including phenoxy) is 2. The van der Waals surface area contributed by atoms with Gasteiger partial charge in [-0.15, -0.1) is 0 Å². The first-order chi connectivity index (χ1) is 8.96. The SMILES string of the molecule is CCCOc1ccc(CN)c(OCCS(C)(=O)=O)c1. The Balaban J connectivity index is 2.72. The highest BCUT2D eigenvalue weighted by atomic mass is 32.2. The van der Waals surface area contributed by atoms with Crippen LogP contribution in [0.2, 0.25) is 0 Å². The Morgan fingerprint density at radius 1 is 1.21 bits per heavy atom. The van der Waals surface area contributed by atoms with Crippen molar-refractivity contribution in [2.75, 3.05) is 25.2 Å². The molecule has 6 heteroatoms. The molecule has 0 aliphatic carbocycles. The Morgan fingerprint density at radius 2 is 1.95 bits per heavy atom. The summed E-state index contributed by atoms with van der Waals surface area (Å²) >= 11 is 0. The number of nitrogens with two attached hydrogens (primary N) is 1. The van der Waals surface area contributed by atoms with Crippen LogP contribution in [0.25, 0.3) is 0 Å². The Kier molecular flexibility index (Phi) is 6.11. The quantitative estimate of drug-likeness (QED) is 0.781. The van der Waals surface area contributed by atoms with Crippen LogP contribution >= 0.6 is 0 Å². The third-order valence-corrected chi connectivity index (χ3v) is 3.35. The number of hydrogen-bond donors (Lipinski definition) is 1. The van der Waals surface area contributed by atoms with Crippen LogP contribution in [0.4, 0.5) is 0 Å². The van der Waals surface area contributed by atoms with E-state index in [1.165, 1.54) is 6.26 Å². The summed E-state index contributed by atoms with van der Waals surface area (Å²) in [6.45, 7) is 3.11. The first-order valence-corrected chi connectivity index (χ1v) is 8.28. The van der Waals surface area contributed by atoms with Gasteiger partial charge in [-0.2, -0.15) is 0 Å². The van der Waals surface area contributed by atoms with Gasteiger partial charge in [-0.1, -0.05) is 13.0 Å². The summed E-state index contributed by atoms with van der Waals surface area (Å²) in [6, 6.07) is 5.42. The molecular weight excluding hydrogens is 266 g/mol. The first-order valence-electron chi connectivity index (χ1n) is 6.22. The van der Waals surface area contributed by atoms with E-state index < -0.39 is 9.84 Å². The molecule has 0 fully saturated rings. The van der Waals surface area contributed by atoms with Crippen LogP contribution in [0.15, 0.2) is 18.2 Å². The summed E-state index contributed by atoms with van der Waals surface area (Å²) in [5, 5.41) is 0. The lowest BCUT2D eigenvalue weighted by atomic mass is 10.2. The second-order valence-corrected chi connectivity index (χ2v) is 6.56. The van der Waals surface area contributed by atoms with Crippen LogP contribution < -0.4 is 15.2 Å². The molecule has 0 saturated heterocycles. The van der Waals surface area contributed by atoms with Crippen LogP contribution in [0, 0.1) is 0 Å². The average Bonchev–Trinajstić information content (AvgIpc) is 2.35. The van der Waals surface area contributed by atoms with Gasteiger partial charge in [-0.3, -0.25) is 0 Å². The Labute approximate surface area is 114 Å². The fraction of sp³-hybridized carbons (Fsp3) is 0.538. The minimum atomic E-state index is -3.03. The van der Waals surface area contributed by atoms with Gasteiger partial charge in [0.1, 0.15) is 18.1 Å². The highest BCUT2D eigenvalue weighted by Crippen LogP contribution is 2.25. The number of hydrogen-bond acceptors (Lipinski definition) is 5. The van der Waals surface area contributed by atoms with Crippen LogP contribution in [0.3, 0.4) is 0 Å². The van der Waals surface area contributed by atoms with Gasteiger partial charge >= 0.3 is 0 Å². The van der Waals surface area contributed by atoms with E-state index in [4.69, 9.17) is 15.2 Å². The van der Waals surface area contributed by atoms with Crippen molar-refractivity contribution in [3.05, 3.63) is 23.8 Å². The van der Waals surface area contributed by atoms with E-state index >= 15 is 0 Å². The summed E-state index contributed by atoms with van der Waals surface area (Å²) in [5.74, 6) is 1.27. The van der Waals surface area contributed by atoms with Gasteiger partial charge in [0.15, 0.2) is 9.84 Å². The van der Waals surface area contributed by atoms with Crippen LogP contribution in [0.1, 0.15) is 18.9 Å². The van der Waals surface area contributed by atoms with Gasteiger partial charge in [0.25, 0.3) is 0 Å². The molecule has 0 saturated carbocycles. The van der Waals surface area contributed by atoms with Gasteiger partial charge in [0.05, 0.1) is 12.4 Å². The van der Waals surface area contributed by atoms with Crippen molar-refractivity contribution < 1.29 is 17.9 Å². The third-order valence-electron chi connectivity index (χ3n) is 2.44. The van der Waals surface area contributed by atoms with Crippen molar-refractivity contribution in [3.8, 4) is 11.5 Å². The number of rotatable bonds is 8. The monoisotopic (exact) mass is 287 g/mol. The van der Waals surface area contributed by atoms with Crippen molar-refractivity contribution >= 4 is 9.84 Å². The van der Waals surface area contributed by atoms with Crippen molar-refractivity contribution in [1.29, 1.82) is 0 Å². The number of sulfone groups is 1. The van der Waals surface area contributed by atoms with Gasteiger partial charge in [-0.05, 0) is 12.5 Å². The predicted octanol–water partition coefficient (Wildman–Crippen LogP) is 1.36. The fourth-order valence-corrected chi connectivity index (χ4v) is 1.84. The highest BCUT2D eigenvalue weighted by Gasteiger charge is 2.07. The minimum absolute atomic E-state index is 0.0168. The summed E-state index contributed by atoms with van der Waals surface area (Å²) in [7, 11) is -3.03. The van der Waals surface area contributed by atoms with Crippen LogP contribution in [0.5, 0.6) is 11.5 Å². The van der Waals surface area contributed by atoms with Gasteiger partial charge < -0.3 is 15.2 Å². The van der Waals surface area contributed by atoms with Crippen molar-refractivity contribution in [1.82, 2.24) is 0 Å². The lowest BCUT2D eigenvalue weighted by molar-refractivity contribution is 0.308. The molecule has 0 spiro atoms.